The summed E-state index contributed by atoms with van der Waals surface area (Å²) in [6.45, 7) is 3.32. The zero-order valence-electron chi connectivity index (χ0n) is 15.9. The molecule has 28 heavy (non-hydrogen) atoms. The summed E-state index contributed by atoms with van der Waals surface area (Å²) in [5.74, 6) is 0.910. The molecule has 0 spiro atoms. The molecule has 1 fully saturated rings. The SMILES string of the molecule is CC(C(=O)N1CCC(c2n[nH]c(=O)n2-c2ccccc2)CC1)c1ccccc1. The summed E-state index contributed by atoms with van der Waals surface area (Å²) >= 11 is 0. The fraction of sp³-hybridized carbons (Fsp3) is 0.318. The van der Waals surface area contributed by atoms with E-state index in [1.807, 2.05) is 72.5 Å². The number of carbonyl (C=O) groups is 1. The van der Waals surface area contributed by atoms with Crippen LogP contribution in [-0.4, -0.2) is 38.7 Å². The largest absolute Gasteiger partial charge is 0.347 e. The Morgan fingerprint density at radius 3 is 2.29 bits per heavy atom. The first-order valence-electron chi connectivity index (χ1n) is 9.71. The topological polar surface area (TPSA) is 71.0 Å². The Kier molecular flexibility index (Phi) is 5.10. The summed E-state index contributed by atoms with van der Waals surface area (Å²) < 4.78 is 1.65. The van der Waals surface area contributed by atoms with E-state index >= 15 is 0 Å². The van der Waals surface area contributed by atoms with Gasteiger partial charge in [0.25, 0.3) is 0 Å². The number of nitrogens with zero attached hydrogens (tertiary/aromatic N) is 3. The average Bonchev–Trinajstić information content (AvgIpc) is 3.15. The maximum atomic E-state index is 12.9. The van der Waals surface area contributed by atoms with Crippen molar-refractivity contribution in [2.75, 3.05) is 13.1 Å². The lowest BCUT2D eigenvalue weighted by molar-refractivity contribution is -0.133. The van der Waals surface area contributed by atoms with E-state index < -0.39 is 0 Å². The van der Waals surface area contributed by atoms with Gasteiger partial charge in [0.15, 0.2) is 0 Å². The fourth-order valence-electron chi connectivity index (χ4n) is 3.93. The molecule has 1 N–H and O–H groups in total. The molecular weight excluding hydrogens is 352 g/mol. The number of aromatic nitrogens is 3. The highest BCUT2D eigenvalue weighted by Gasteiger charge is 2.30. The van der Waals surface area contributed by atoms with Crippen molar-refractivity contribution in [2.24, 2.45) is 0 Å². The van der Waals surface area contributed by atoms with Crippen LogP contribution in [0.4, 0.5) is 0 Å². The Bertz CT molecular complexity index is 986. The highest BCUT2D eigenvalue weighted by molar-refractivity contribution is 5.83. The van der Waals surface area contributed by atoms with Crippen LogP contribution in [0.2, 0.25) is 0 Å². The van der Waals surface area contributed by atoms with Crippen LogP contribution in [-0.2, 0) is 4.79 Å². The van der Waals surface area contributed by atoms with E-state index in [2.05, 4.69) is 10.2 Å². The second kappa shape index (κ2) is 7.84. The smallest absolute Gasteiger partial charge is 0.342 e. The van der Waals surface area contributed by atoms with Gasteiger partial charge in [-0.15, -0.1) is 0 Å². The average molecular weight is 376 g/mol. The summed E-state index contributed by atoms with van der Waals surface area (Å²) in [5.41, 5.74) is 1.63. The fourth-order valence-corrected chi connectivity index (χ4v) is 3.93. The van der Waals surface area contributed by atoms with E-state index in [4.69, 9.17) is 0 Å². The maximum Gasteiger partial charge on any atom is 0.347 e. The molecule has 6 nitrogen and oxygen atoms in total. The van der Waals surface area contributed by atoms with E-state index in [1.165, 1.54) is 0 Å². The predicted molar refractivity (Wildman–Crippen MR) is 108 cm³/mol. The third-order valence-corrected chi connectivity index (χ3v) is 5.55. The molecule has 0 aliphatic carbocycles. The zero-order chi connectivity index (χ0) is 19.5. The van der Waals surface area contributed by atoms with Crippen LogP contribution in [0.1, 0.15) is 43.0 Å². The van der Waals surface area contributed by atoms with Crippen LogP contribution in [0.15, 0.2) is 65.5 Å². The van der Waals surface area contributed by atoms with Gasteiger partial charge in [0, 0.05) is 19.0 Å². The number of likely N-dealkylation sites (tertiary alicyclic amines) is 1. The van der Waals surface area contributed by atoms with Crippen molar-refractivity contribution >= 4 is 5.91 Å². The molecule has 1 aromatic heterocycles. The van der Waals surface area contributed by atoms with E-state index in [0.717, 1.165) is 29.9 Å². The number of piperidine rings is 1. The summed E-state index contributed by atoms with van der Waals surface area (Å²) in [6.07, 6.45) is 1.59. The van der Waals surface area contributed by atoms with Crippen LogP contribution in [0.25, 0.3) is 5.69 Å². The molecule has 1 saturated heterocycles. The summed E-state index contributed by atoms with van der Waals surface area (Å²) in [7, 11) is 0. The standard InChI is InChI=1S/C22H24N4O2/c1-16(17-8-4-2-5-9-17)21(27)25-14-12-18(13-15-25)20-23-24-22(28)26(20)19-10-6-3-7-11-19/h2-11,16,18H,12-15H2,1H3,(H,24,28). The lowest BCUT2D eigenvalue weighted by Crippen LogP contribution is -2.40. The van der Waals surface area contributed by atoms with Gasteiger partial charge >= 0.3 is 5.69 Å². The third-order valence-electron chi connectivity index (χ3n) is 5.55. The maximum absolute atomic E-state index is 12.9. The Hall–Kier alpha value is -3.15. The molecule has 1 amide bonds. The number of nitrogens with one attached hydrogen (secondary N) is 1. The second-order valence-corrected chi connectivity index (χ2v) is 7.29. The zero-order valence-corrected chi connectivity index (χ0v) is 15.9. The molecule has 1 atom stereocenters. The number of hydrogen-bond donors (Lipinski definition) is 1. The normalized spacial score (nSPS) is 16.1. The lowest BCUT2D eigenvalue weighted by Gasteiger charge is -2.33. The Balaban J connectivity index is 1.47. The van der Waals surface area contributed by atoms with E-state index in [0.29, 0.717) is 13.1 Å². The van der Waals surface area contributed by atoms with Gasteiger partial charge in [-0.1, -0.05) is 48.5 Å². The van der Waals surface area contributed by atoms with E-state index in [9.17, 15) is 9.59 Å². The predicted octanol–water partition coefficient (Wildman–Crippen LogP) is 3.07. The number of aromatic amines is 1. The van der Waals surface area contributed by atoms with Crippen molar-refractivity contribution in [3.05, 3.63) is 82.5 Å². The first-order valence-corrected chi connectivity index (χ1v) is 9.71. The van der Waals surface area contributed by atoms with Gasteiger partial charge in [-0.25, -0.2) is 14.5 Å². The molecule has 4 rings (SSSR count). The van der Waals surface area contributed by atoms with Gasteiger partial charge in [-0.3, -0.25) is 4.79 Å². The quantitative estimate of drug-likeness (QED) is 0.761. The first kappa shape index (κ1) is 18.2. The monoisotopic (exact) mass is 376 g/mol. The number of H-pyrrole nitrogens is 1. The van der Waals surface area contributed by atoms with Crippen molar-refractivity contribution in [3.63, 3.8) is 0 Å². The van der Waals surface area contributed by atoms with Gasteiger partial charge < -0.3 is 4.90 Å². The molecule has 1 aliphatic heterocycles. The van der Waals surface area contributed by atoms with Gasteiger partial charge in [0.2, 0.25) is 5.91 Å². The Morgan fingerprint density at radius 1 is 1.04 bits per heavy atom. The minimum absolute atomic E-state index is 0.148. The van der Waals surface area contributed by atoms with Gasteiger partial charge in [-0.05, 0) is 37.5 Å². The van der Waals surface area contributed by atoms with Crippen LogP contribution < -0.4 is 5.69 Å². The molecule has 0 radical (unpaired) electrons. The highest BCUT2D eigenvalue weighted by atomic mass is 16.2. The molecule has 1 aliphatic rings. The summed E-state index contributed by atoms with van der Waals surface area (Å²) in [4.78, 5) is 27.1. The van der Waals surface area contributed by atoms with Crippen LogP contribution in [0.3, 0.4) is 0 Å². The summed E-state index contributed by atoms with van der Waals surface area (Å²) in [5, 5.41) is 6.87. The molecule has 1 unspecified atom stereocenters. The van der Waals surface area contributed by atoms with Crippen molar-refractivity contribution in [2.45, 2.75) is 31.6 Å². The van der Waals surface area contributed by atoms with Crippen LogP contribution in [0, 0.1) is 0 Å². The van der Waals surface area contributed by atoms with E-state index in [1.54, 1.807) is 4.57 Å². The van der Waals surface area contributed by atoms with Crippen molar-refractivity contribution in [1.82, 2.24) is 19.7 Å². The number of hydrogen-bond acceptors (Lipinski definition) is 3. The molecule has 3 aromatic rings. The molecule has 2 heterocycles. The van der Waals surface area contributed by atoms with Crippen molar-refractivity contribution < 1.29 is 4.79 Å². The lowest BCUT2D eigenvalue weighted by atomic mass is 9.93. The third kappa shape index (κ3) is 3.50. The molecule has 0 bridgehead atoms. The van der Waals surface area contributed by atoms with Crippen LogP contribution >= 0.6 is 0 Å². The van der Waals surface area contributed by atoms with Crippen LogP contribution in [0.5, 0.6) is 0 Å². The minimum atomic E-state index is -0.225. The number of para-hydroxylation sites is 1. The van der Waals surface area contributed by atoms with Gasteiger partial charge in [0.1, 0.15) is 5.82 Å². The number of benzene rings is 2. The minimum Gasteiger partial charge on any atom is -0.342 e. The highest BCUT2D eigenvalue weighted by Crippen LogP contribution is 2.29. The number of amides is 1. The molecule has 6 heteroatoms. The molecule has 0 saturated carbocycles. The van der Waals surface area contributed by atoms with Gasteiger partial charge in [0.05, 0.1) is 11.6 Å². The van der Waals surface area contributed by atoms with Crippen molar-refractivity contribution in [3.8, 4) is 5.69 Å². The Labute approximate surface area is 163 Å². The van der Waals surface area contributed by atoms with Crippen molar-refractivity contribution in [1.29, 1.82) is 0 Å². The number of carbonyl (C=O) groups excluding carboxylic acids is 1. The number of rotatable bonds is 4. The Morgan fingerprint density at radius 2 is 1.64 bits per heavy atom. The first-order chi connectivity index (χ1) is 13.6. The molecule has 144 valence electrons. The summed E-state index contributed by atoms with van der Waals surface area (Å²) in [6, 6.07) is 19.4. The molecular formula is C22H24N4O2. The van der Waals surface area contributed by atoms with Gasteiger partial charge in [-0.2, -0.15) is 5.10 Å². The molecule has 2 aromatic carbocycles. The second-order valence-electron chi connectivity index (χ2n) is 7.29. The van der Waals surface area contributed by atoms with E-state index in [-0.39, 0.29) is 23.4 Å².